The van der Waals surface area contributed by atoms with E-state index in [0.29, 0.717) is 11.4 Å². The molecule has 0 spiro atoms. The van der Waals surface area contributed by atoms with Crippen molar-refractivity contribution >= 4 is 19.3 Å². The number of carbonyl (C=O) groups is 1. The van der Waals surface area contributed by atoms with Crippen LogP contribution >= 0.6 is 0 Å². The van der Waals surface area contributed by atoms with E-state index < -0.39 is 11.4 Å². The Kier molecular flexibility index (Phi) is 2.51. The van der Waals surface area contributed by atoms with Gasteiger partial charge in [-0.05, 0) is 19.3 Å². The summed E-state index contributed by atoms with van der Waals surface area (Å²) in [6.07, 6.45) is 0. The first-order valence-electron chi connectivity index (χ1n) is 4.06. The van der Waals surface area contributed by atoms with Crippen LogP contribution in [-0.4, -0.2) is 23.5 Å². The van der Waals surface area contributed by atoms with Crippen molar-refractivity contribution in [2.24, 2.45) is 7.05 Å². The number of carboxylic acids is 1. The molecule has 0 aliphatic rings. The minimum Gasteiger partial charge on any atom is -0.477 e. The van der Waals surface area contributed by atoms with Gasteiger partial charge < -0.3 is 9.67 Å². The Bertz CT molecular complexity index is 462. The number of rotatable bonds is 1. The summed E-state index contributed by atoms with van der Waals surface area (Å²) in [7, 11) is 7.17. The third kappa shape index (κ3) is 1.34. The molecule has 1 aromatic heterocycles. The largest absolute Gasteiger partial charge is 0.477 e. The van der Waals surface area contributed by atoms with Gasteiger partial charge in [-0.15, -0.1) is 0 Å². The summed E-state index contributed by atoms with van der Waals surface area (Å²) in [5.74, 6) is -1.24. The Hall–Kier alpha value is -1.52. The average molecular weight is 191 g/mol. The monoisotopic (exact) mass is 191 g/mol. The maximum absolute atomic E-state index is 11.5. The third-order valence-electron chi connectivity index (χ3n) is 2.44. The van der Waals surface area contributed by atoms with E-state index >= 15 is 0 Å². The van der Waals surface area contributed by atoms with Gasteiger partial charge in [0.05, 0.1) is 0 Å². The van der Waals surface area contributed by atoms with Crippen LogP contribution in [0.2, 0.25) is 0 Å². The second-order valence-electron chi connectivity index (χ2n) is 3.15. The molecule has 0 unspecified atom stereocenters. The number of aromatic carboxylic acids is 1. The Balaban J connectivity index is 3.78. The van der Waals surface area contributed by atoms with Crippen LogP contribution in [0.5, 0.6) is 0 Å². The molecular weight excluding hydrogens is 181 g/mol. The highest BCUT2D eigenvalue weighted by Gasteiger charge is 2.17. The molecule has 0 bridgehead atoms. The van der Waals surface area contributed by atoms with Crippen LogP contribution in [0.25, 0.3) is 0 Å². The summed E-state index contributed by atoms with van der Waals surface area (Å²) >= 11 is 0. The van der Waals surface area contributed by atoms with Crippen molar-refractivity contribution in [2.45, 2.75) is 13.8 Å². The number of nitrogens with zero attached hydrogens (tertiary/aromatic N) is 1. The number of aromatic nitrogens is 1. The molecule has 72 valence electrons. The lowest BCUT2D eigenvalue weighted by molar-refractivity contribution is 0.0693. The fourth-order valence-electron chi connectivity index (χ4n) is 1.32. The first kappa shape index (κ1) is 10.6. The van der Waals surface area contributed by atoms with E-state index in [-0.39, 0.29) is 11.0 Å². The average Bonchev–Trinajstić information content (AvgIpc) is 2.11. The standard InChI is InChI=1S/C9H10BNO3/c1-4-6(9(13)14)8(12)7(10)5(2)11(4)3/h1-3H3,(H,13,14). The summed E-state index contributed by atoms with van der Waals surface area (Å²) in [4.78, 5) is 22.3. The molecule has 2 radical (unpaired) electrons. The van der Waals surface area contributed by atoms with Gasteiger partial charge >= 0.3 is 5.97 Å². The zero-order valence-corrected chi connectivity index (χ0v) is 8.29. The molecule has 14 heavy (non-hydrogen) atoms. The molecule has 1 N–H and O–H groups in total. The van der Waals surface area contributed by atoms with Gasteiger partial charge in [-0.25, -0.2) is 4.79 Å². The molecule has 0 aromatic carbocycles. The minimum atomic E-state index is -1.24. The second kappa shape index (κ2) is 3.33. The summed E-state index contributed by atoms with van der Waals surface area (Å²) in [5.41, 5.74) is 0.128. The number of pyridine rings is 1. The lowest BCUT2D eigenvalue weighted by atomic mass is 9.91. The quantitative estimate of drug-likeness (QED) is 0.608. The number of carboxylic acid groups (broad SMARTS) is 1. The Labute approximate surface area is 82.6 Å². The molecule has 0 atom stereocenters. The molecule has 4 nitrogen and oxygen atoms in total. The molecule has 0 aliphatic carbocycles. The molecule has 5 heteroatoms. The van der Waals surface area contributed by atoms with Crippen molar-refractivity contribution in [2.75, 3.05) is 0 Å². The molecule has 0 fully saturated rings. The van der Waals surface area contributed by atoms with Crippen molar-refractivity contribution in [1.29, 1.82) is 0 Å². The molecule has 0 aliphatic heterocycles. The van der Waals surface area contributed by atoms with Gasteiger partial charge in [-0.2, -0.15) is 0 Å². The lowest BCUT2D eigenvalue weighted by Crippen LogP contribution is -2.37. The summed E-state index contributed by atoms with van der Waals surface area (Å²) in [5, 5.41) is 8.82. The van der Waals surface area contributed by atoms with Gasteiger partial charge in [0.25, 0.3) is 0 Å². The van der Waals surface area contributed by atoms with Gasteiger partial charge in [0.15, 0.2) is 5.43 Å². The molecule has 1 heterocycles. The smallest absolute Gasteiger partial charge is 0.341 e. The molecule has 0 amide bonds. The fraction of sp³-hybridized carbons (Fsp3) is 0.333. The maximum atomic E-state index is 11.5. The first-order chi connectivity index (χ1) is 6.37. The molecule has 0 saturated heterocycles. The zero-order valence-electron chi connectivity index (χ0n) is 8.29. The Morgan fingerprint density at radius 1 is 1.36 bits per heavy atom. The van der Waals surface area contributed by atoms with Crippen LogP contribution in [0.3, 0.4) is 0 Å². The highest BCUT2D eigenvalue weighted by Crippen LogP contribution is 2.03. The summed E-state index contributed by atoms with van der Waals surface area (Å²) in [6, 6.07) is 0. The molecule has 1 aromatic rings. The Morgan fingerprint density at radius 2 is 1.86 bits per heavy atom. The minimum absolute atomic E-state index is 0.00417. The van der Waals surface area contributed by atoms with Crippen LogP contribution in [0, 0.1) is 13.8 Å². The highest BCUT2D eigenvalue weighted by atomic mass is 16.4. The predicted octanol–water partition coefficient (Wildman–Crippen LogP) is -0.506. The summed E-state index contributed by atoms with van der Waals surface area (Å²) < 4.78 is 1.60. The number of hydrogen-bond donors (Lipinski definition) is 1. The van der Waals surface area contributed by atoms with Crippen molar-refractivity contribution in [3.8, 4) is 0 Å². The second-order valence-corrected chi connectivity index (χ2v) is 3.15. The maximum Gasteiger partial charge on any atom is 0.341 e. The molecular formula is C9H10BNO3. The van der Waals surface area contributed by atoms with Crippen molar-refractivity contribution < 1.29 is 9.90 Å². The van der Waals surface area contributed by atoms with Crippen molar-refractivity contribution in [3.05, 3.63) is 27.2 Å². The van der Waals surface area contributed by atoms with Gasteiger partial charge in [0.2, 0.25) is 0 Å². The van der Waals surface area contributed by atoms with E-state index in [1.807, 2.05) is 0 Å². The topological polar surface area (TPSA) is 59.3 Å². The van der Waals surface area contributed by atoms with Gasteiger partial charge in [0.1, 0.15) is 13.4 Å². The van der Waals surface area contributed by atoms with Crippen molar-refractivity contribution in [3.63, 3.8) is 0 Å². The van der Waals surface area contributed by atoms with E-state index in [0.717, 1.165) is 0 Å². The molecule has 1 rings (SSSR count). The highest BCUT2D eigenvalue weighted by molar-refractivity contribution is 6.33. The first-order valence-corrected chi connectivity index (χ1v) is 4.06. The van der Waals surface area contributed by atoms with Gasteiger partial charge in [-0.3, -0.25) is 4.79 Å². The van der Waals surface area contributed by atoms with Crippen molar-refractivity contribution in [1.82, 2.24) is 4.57 Å². The SMILES string of the molecule is [B]c1c(C)n(C)c(C)c(C(=O)O)c1=O. The number of hydrogen-bond acceptors (Lipinski definition) is 2. The summed E-state index contributed by atoms with van der Waals surface area (Å²) in [6.45, 7) is 3.26. The van der Waals surface area contributed by atoms with E-state index in [4.69, 9.17) is 13.0 Å². The van der Waals surface area contributed by atoms with E-state index in [2.05, 4.69) is 0 Å². The van der Waals surface area contributed by atoms with Gasteiger partial charge in [0, 0.05) is 18.4 Å². The Morgan fingerprint density at radius 3 is 2.29 bits per heavy atom. The zero-order chi connectivity index (χ0) is 11.0. The van der Waals surface area contributed by atoms with Crippen LogP contribution in [-0.2, 0) is 7.05 Å². The predicted molar refractivity (Wildman–Crippen MR) is 53.5 cm³/mol. The normalized spacial score (nSPS) is 10.2. The fourth-order valence-corrected chi connectivity index (χ4v) is 1.32. The van der Waals surface area contributed by atoms with E-state index in [9.17, 15) is 9.59 Å². The van der Waals surface area contributed by atoms with Crippen LogP contribution in [0.15, 0.2) is 4.79 Å². The third-order valence-corrected chi connectivity index (χ3v) is 2.44. The van der Waals surface area contributed by atoms with Gasteiger partial charge in [-0.1, -0.05) is 0 Å². The lowest BCUT2D eigenvalue weighted by Gasteiger charge is -2.13. The van der Waals surface area contributed by atoms with E-state index in [1.165, 1.54) is 0 Å². The van der Waals surface area contributed by atoms with E-state index in [1.54, 1.807) is 25.5 Å². The van der Waals surface area contributed by atoms with Crippen LogP contribution in [0.4, 0.5) is 0 Å². The van der Waals surface area contributed by atoms with Crippen LogP contribution < -0.4 is 10.9 Å². The molecule has 0 saturated carbocycles. The van der Waals surface area contributed by atoms with Crippen LogP contribution in [0.1, 0.15) is 21.7 Å².